The highest BCUT2D eigenvalue weighted by Crippen LogP contribution is 2.32. The Kier molecular flexibility index (Phi) is 5.76. The van der Waals surface area contributed by atoms with E-state index in [4.69, 9.17) is 4.74 Å². The first-order valence-electron chi connectivity index (χ1n) is 7.00. The van der Waals surface area contributed by atoms with E-state index in [1.165, 1.54) is 0 Å². The molecule has 0 spiro atoms. The van der Waals surface area contributed by atoms with Crippen LogP contribution in [0.1, 0.15) is 44.5 Å². The zero-order valence-electron chi connectivity index (χ0n) is 12.4. The first-order chi connectivity index (χ1) is 9.99. The van der Waals surface area contributed by atoms with Crippen molar-refractivity contribution < 1.29 is 4.74 Å². The largest absolute Gasteiger partial charge is 0.439 e. The van der Waals surface area contributed by atoms with Crippen LogP contribution in [-0.4, -0.2) is 9.97 Å². The van der Waals surface area contributed by atoms with Crippen LogP contribution >= 0.6 is 31.9 Å². The molecule has 112 valence electrons. The number of hydrogen-bond donors (Lipinski definition) is 0. The highest BCUT2D eigenvalue weighted by Gasteiger charge is 2.11. The van der Waals surface area contributed by atoms with Crippen LogP contribution in [0.25, 0.3) is 0 Å². The van der Waals surface area contributed by atoms with E-state index in [2.05, 4.69) is 68.7 Å². The Hall–Kier alpha value is -0.940. The van der Waals surface area contributed by atoms with Crippen molar-refractivity contribution in [3.05, 3.63) is 44.7 Å². The summed E-state index contributed by atoms with van der Waals surface area (Å²) in [6.45, 7) is 6.40. The molecule has 0 aliphatic heterocycles. The van der Waals surface area contributed by atoms with E-state index in [9.17, 15) is 0 Å². The first kappa shape index (κ1) is 16.4. The van der Waals surface area contributed by atoms with Crippen molar-refractivity contribution >= 4 is 31.9 Å². The molecule has 0 atom stereocenters. The molecule has 5 heteroatoms. The molecule has 0 fully saturated rings. The van der Waals surface area contributed by atoms with Gasteiger partial charge in [0.2, 0.25) is 5.88 Å². The Balaban J connectivity index is 2.33. The van der Waals surface area contributed by atoms with Crippen LogP contribution in [-0.2, 0) is 6.42 Å². The zero-order valence-corrected chi connectivity index (χ0v) is 15.5. The minimum absolute atomic E-state index is 0.373. The molecule has 2 rings (SSSR count). The highest BCUT2D eigenvalue weighted by atomic mass is 79.9. The second kappa shape index (κ2) is 7.36. The molecular weight excluding hydrogens is 396 g/mol. The van der Waals surface area contributed by atoms with E-state index in [1.54, 1.807) is 6.07 Å². The van der Waals surface area contributed by atoms with Crippen LogP contribution in [0.3, 0.4) is 0 Å². The normalized spacial score (nSPS) is 11.0. The van der Waals surface area contributed by atoms with E-state index >= 15 is 0 Å². The van der Waals surface area contributed by atoms with Crippen molar-refractivity contribution in [1.82, 2.24) is 9.97 Å². The summed E-state index contributed by atoms with van der Waals surface area (Å²) >= 11 is 6.92. The quantitative estimate of drug-likeness (QED) is 0.575. The Morgan fingerprint density at radius 1 is 1.14 bits per heavy atom. The molecule has 0 radical (unpaired) electrons. The fourth-order valence-corrected chi connectivity index (χ4v) is 2.79. The lowest BCUT2D eigenvalue weighted by atomic mass is 10.0. The van der Waals surface area contributed by atoms with Gasteiger partial charge < -0.3 is 4.74 Å². The Bertz CT molecular complexity index is 630. The van der Waals surface area contributed by atoms with E-state index < -0.39 is 0 Å². The van der Waals surface area contributed by atoms with Crippen LogP contribution in [0.2, 0.25) is 0 Å². The second-order valence-corrected chi connectivity index (χ2v) is 6.86. The van der Waals surface area contributed by atoms with E-state index in [-0.39, 0.29) is 0 Å². The minimum atomic E-state index is 0.373. The summed E-state index contributed by atoms with van der Waals surface area (Å²) in [5.41, 5.74) is 1.15. The maximum absolute atomic E-state index is 5.99. The van der Waals surface area contributed by atoms with E-state index in [1.807, 2.05) is 12.1 Å². The predicted octanol–water partition coefficient (Wildman–Crippen LogP) is 5.87. The van der Waals surface area contributed by atoms with Crippen LogP contribution in [0.4, 0.5) is 0 Å². The van der Waals surface area contributed by atoms with Crippen molar-refractivity contribution in [2.45, 2.75) is 39.5 Å². The third-order valence-corrected chi connectivity index (χ3v) is 3.90. The number of aromatic nitrogens is 2. The average molecular weight is 414 g/mol. The maximum Gasteiger partial charge on any atom is 0.223 e. The molecule has 3 nitrogen and oxygen atoms in total. The van der Waals surface area contributed by atoms with Crippen LogP contribution in [0.5, 0.6) is 11.6 Å². The average Bonchev–Trinajstić information content (AvgIpc) is 2.40. The van der Waals surface area contributed by atoms with Gasteiger partial charge in [-0.2, -0.15) is 4.98 Å². The summed E-state index contributed by atoms with van der Waals surface area (Å²) in [4.78, 5) is 8.82. The van der Waals surface area contributed by atoms with Gasteiger partial charge in [0, 0.05) is 17.0 Å². The second-order valence-electron chi connectivity index (χ2n) is 5.13. The fraction of sp³-hybridized carbons (Fsp3) is 0.375. The standard InChI is InChI=1S/C16H18Br2N2O/c1-4-5-15-19-14(18)9-16(20-15)21-13-7-6-11(17)8-12(13)10(2)3/h6-10H,4-5H2,1-3H3. The lowest BCUT2D eigenvalue weighted by molar-refractivity contribution is 0.449. The van der Waals surface area contributed by atoms with Gasteiger partial charge in [-0.15, -0.1) is 0 Å². The topological polar surface area (TPSA) is 35.0 Å². The number of halogens is 2. The molecule has 0 aliphatic rings. The molecule has 1 aromatic heterocycles. The molecule has 0 unspecified atom stereocenters. The van der Waals surface area contributed by atoms with Crippen LogP contribution in [0, 0.1) is 0 Å². The number of benzene rings is 1. The monoisotopic (exact) mass is 412 g/mol. The van der Waals surface area contributed by atoms with Crippen molar-refractivity contribution in [2.24, 2.45) is 0 Å². The minimum Gasteiger partial charge on any atom is -0.439 e. The Morgan fingerprint density at radius 3 is 2.57 bits per heavy atom. The molecule has 1 heterocycles. The summed E-state index contributed by atoms with van der Waals surface area (Å²) in [6.07, 6.45) is 1.85. The molecule has 0 bridgehead atoms. The first-order valence-corrected chi connectivity index (χ1v) is 8.59. The lowest BCUT2D eigenvalue weighted by Gasteiger charge is -2.14. The Labute approximate surface area is 142 Å². The molecule has 21 heavy (non-hydrogen) atoms. The summed E-state index contributed by atoms with van der Waals surface area (Å²) in [6, 6.07) is 7.83. The number of nitrogens with zero attached hydrogens (tertiary/aromatic N) is 2. The summed E-state index contributed by atoms with van der Waals surface area (Å²) in [7, 11) is 0. The molecule has 0 aliphatic carbocycles. The third kappa shape index (κ3) is 4.51. The van der Waals surface area contributed by atoms with Crippen LogP contribution < -0.4 is 4.74 Å². The third-order valence-electron chi connectivity index (χ3n) is 3.00. The SMILES string of the molecule is CCCc1nc(Br)cc(Oc2ccc(Br)cc2C(C)C)n1. The number of rotatable bonds is 5. The molecule has 1 aromatic carbocycles. The van der Waals surface area contributed by atoms with Crippen LogP contribution in [0.15, 0.2) is 33.3 Å². The van der Waals surface area contributed by atoms with Gasteiger partial charge in [-0.25, -0.2) is 4.98 Å². The number of hydrogen-bond acceptors (Lipinski definition) is 3. The van der Waals surface area contributed by atoms with E-state index in [0.29, 0.717) is 11.8 Å². The van der Waals surface area contributed by atoms with Gasteiger partial charge in [-0.3, -0.25) is 0 Å². The van der Waals surface area contributed by atoms with Gasteiger partial charge in [0.1, 0.15) is 16.2 Å². The molecule has 2 aromatic rings. The van der Waals surface area contributed by atoms with Gasteiger partial charge in [-0.05, 0) is 52.0 Å². The lowest BCUT2D eigenvalue weighted by Crippen LogP contribution is -2.00. The zero-order chi connectivity index (χ0) is 15.4. The van der Waals surface area contributed by atoms with Crippen molar-refractivity contribution in [2.75, 3.05) is 0 Å². The molecule has 0 saturated heterocycles. The summed E-state index contributed by atoms with van der Waals surface area (Å²) in [5.74, 6) is 2.58. The molecular formula is C16H18Br2N2O. The van der Waals surface area contributed by atoms with E-state index in [0.717, 1.165) is 39.1 Å². The van der Waals surface area contributed by atoms with Gasteiger partial charge in [0.25, 0.3) is 0 Å². The van der Waals surface area contributed by atoms with Gasteiger partial charge >= 0.3 is 0 Å². The number of ether oxygens (including phenoxy) is 1. The summed E-state index contributed by atoms with van der Waals surface area (Å²) in [5, 5.41) is 0. The number of aryl methyl sites for hydroxylation is 1. The Morgan fingerprint density at radius 2 is 1.90 bits per heavy atom. The maximum atomic E-state index is 5.99. The fourth-order valence-electron chi connectivity index (χ4n) is 2.01. The predicted molar refractivity (Wildman–Crippen MR) is 92.0 cm³/mol. The van der Waals surface area contributed by atoms with Crippen molar-refractivity contribution in [3.63, 3.8) is 0 Å². The van der Waals surface area contributed by atoms with Gasteiger partial charge in [0.05, 0.1) is 0 Å². The smallest absolute Gasteiger partial charge is 0.223 e. The van der Waals surface area contributed by atoms with Gasteiger partial charge in [0.15, 0.2) is 0 Å². The molecule has 0 N–H and O–H groups in total. The highest BCUT2D eigenvalue weighted by molar-refractivity contribution is 9.10. The molecule has 0 amide bonds. The summed E-state index contributed by atoms with van der Waals surface area (Å²) < 4.78 is 7.79. The van der Waals surface area contributed by atoms with Gasteiger partial charge in [-0.1, -0.05) is 36.7 Å². The molecule has 0 saturated carbocycles. The van der Waals surface area contributed by atoms with Crippen molar-refractivity contribution in [1.29, 1.82) is 0 Å². The van der Waals surface area contributed by atoms with Crippen molar-refractivity contribution in [3.8, 4) is 11.6 Å².